The number of hydrogen-bond acceptors (Lipinski definition) is 5. The quantitative estimate of drug-likeness (QED) is 0.881. The van der Waals surface area contributed by atoms with E-state index < -0.39 is 0 Å². The Hall–Kier alpha value is -1.62. The molecule has 102 valence electrons. The van der Waals surface area contributed by atoms with E-state index in [1.165, 1.54) is 4.88 Å². The topological polar surface area (TPSA) is 63.8 Å². The van der Waals surface area contributed by atoms with Crippen LogP contribution in [0.5, 0.6) is 0 Å². The fourth-order valence-electron chi connectivity index (χ4n) is 1.83. The molecule has 0 unspecified atom stereocenters. The second kappa shape index (κ2) is 5.57. The maximum absolute atomic E-state index is 5.78. The number of nitrogens with two attached hydrogens (primary N) is 1. The summed E-state index contributed by atoms with van der Waals surface area (Å²) in [4.78, 5) is 9.97. The van der Waals surface area contributed by atoms with Crippen LogP contribution >= 0.6 is 11.3 Å². The Balaban J connectivity index is 2.08. The van der Waals surface area contributed by atoms with Crippen LogP contribution in [0.4, 0.5) is 11.6 Å². The van der Waals surface area contributed by atoms with Gasteiger partial charge in [0.15, 0.2) is 0 Å². The molecule has 5 heteroatoms. The van der Waals surface area contributed by atoms with Crippen molar-refractivity contribution >= 4 is 23.0 Å². The molecule has 3 N–H and O–H groups in total. The largest absolute Gasteiger partial charge is 0.384 e. The van der Waals surface area contributed by atoms with Crippen molar-refractivity contribution in [2.45, 2.75) is 32.6 Å². The molecule has 19 heavy (non-hydrogen) atoms. The highest BCUT2D eigenvalue weighted by Crippen LogP contribution is 2.27. The molecule has 2 aromatic rings. The first-order valence-electron chi connectivity index (χ1n) is 6.42. The number of anilines is 2. The Bertz CT molecular complexity index is 534. The molecule has 0 saturated heterocycles. The normalized spacial score (nSPS) is 11.5. The smallest absolute Gasteiger partial charge is 0.132 e. The molecule has 0 atom stereocenters. The fraction of sp³-hybridized carbons (Fsp3) is 0.429. The predicted molar refractivity (Wildman–Crippen MR) is 81.7 cm³/mol. The highest BCUT2D eigenvalue weighted by Gasteiger charge is 2.21. The second-order valence-electron chi connectivity index (χ2n) is 5.16. The van der Waals surface area contributed by atoms with Gasteiger partial charge in [0, 0.05) is 29.3 Å². The molecule has 2 rings (SSSR count). The molecule has 0 amide bonds. The molecular weight excluding hydrogens is 256 g/mol. The van der Waals surface area contributed by atoms with Gasteiger partial charge in [0.05, 0.1) is 0 Å². The molecule has 4 nitrogen and oxygen atoms in total. The lowest BCUT2D eigenvalue weighted by molar-refractivity contribution is 0.568. The average Bonchev–Trinajstić information content (AvgIpc) is 2.90. The van der Waals surface area contributed by atoms with Crippen LogP contribution in [0.1, 0.15) is 31.5 Å². The number of thiophene rings is 1. The van der Waals surface area contributed by atoms with Gasteiger partial charge in [0.1, 0.15) is 17.5 Å². The molecule has 2 aromatic heterocycles. The fourth-order valence-corrected chi connectivity index (χ4v) is 2.68. The summed E-state index contributed by atoms with van der Waals surface area (Å²) in [5.41, 5.74) is 5.85. The minimum Gasteiger partial charge on any atom is -0.384 e. The van der Waals surface area contributed by atoms with Gasteiger partial charge in [-0.15, -0.1) is 11.3 Å². The van der Waals surface area contributed by atoms with Crippen LogP contribution in [0, 0.1) is 0 Å². The molecule has 0 aliphatic carbocycles. The Morgan fingerprint density at radius 1 is 1.37 bits per heavy atom. The third-order valence-electron chi connectivity index (χ3n) is 3.01. The van der Waals surface area contributed by atoms with E-state index in [4.69, 9.17) is 5.73 Å². The number of rotatable bonds is 5. The molecule has 0 aliphatic heterocycles. The van der Waals surface area contributed by atoms with Crippen LogP contribution in [0.25, 0.3) is 0 Å². The SMILES string of the molecule is CCc1nc(N)cc(NCC(C)(C)c2cccs2)n1. The Morgan fingerprint density at radius 3 is 2.79 bits per heavy atom. The Labute approximate surface area is 118 Å². The first kappa shape index (κ1) is 13.8. The van der Waals surface area contributed by atoms with E-state index in [0.717, 1.165) is 24.6 Å². The van der Waals surface area contributed by atoms with Gasteiger partial charge >= 0.3 is 0 Å². The lowest BCUT2D eigenvalue weighted by atomic mass is 9.91. The van der Waals surface area contributed by atoms with Gasteiger partial charge in [0.2, 0.25) is 0 Å². The molecule has 0 saturated carbocycles. The van der Waals surface area contributed by atoms with Gasteiger partial charge in [-0.05, 0) is 11.4 Å². The van der Waals surface area contributed by atoms with Crippen LogP contribution in [-0.4, -0.2) is 16.5 Å². The molecule has 2 heterocycles. The predicted octanol–water partition coefficient (Wildman–Crippen LogP) is 3.07. The number of nitrogens with one attached hydrogen (secondary N) is 1. The van der Waals surface area contributed by atoms with Crippen LogP contribution in [0.3, 0.4) is 0 Å². The zero-order valence-corrected chi connectivity index (χ0v) is 12.4. The summed E-state index contributed by atoms with van der Waals surface area (Å²) in [6, 6.07) is 6.03. The Kier molecular flexibility index (Phi) is 4.04. The van der Waals surface area contributed by atoms with Crippen LogP contribution < -0.4 is 11.1 Å². The van der Waals surface area contributed by atoms with Crippen molar-refractivity contribution in [3.63, 3.8) is 0 Å². The monoisotopic (exact) mass is 276 g/mol. The maximum atomic E-state index is 5.78. The summed E-state index contributed by atoms with van der Waals surface area (Å²) in [5.74, 6) is 2.09. The van der Waals surface area contributed by atoms with Gasteiger partial charge in [0.25, 0.3) is 0 Å². The lowest BCUT2D eigenvalue weighted by Crippen LogP contribution is -2.27. The van der Waals surface area contributed by atoms with E-state index in [0.29, 0.717) is 5.82 Å². The molecule has 0 aliphatic rings. The number of hydrogen-bond donors (Lipinski definition) is 2. The summed E-state index contributed by atoms with van der Waals surface area (Å²) in [6.45, 7) is 7.27. The summed E-state index contributed by atoms with van der Waals surface area (Å²) in [6.07, 6.45) is 0.786. The molecular formula is C14H20N4S. The summed E-state index contributed by atoms with van der Waals surface area (Å²) in [7, 11) is 0. The zero-order chi connectivity index (χ0) is 13.9. The van der Waals surface area contributed by atoms with Gasteiger partial charge in [-0.2, -0.15) is 0 Å². The first-order valence-corrected chi connectivity index (χ1v) is 7.30. The minimum atomic E-state index is 0.0697. The lowest BCUT2D eigenvalue weighted by Gasteiger charge is -2.24. The van der Waals surface area contributed by atoms with Crippen molar-refractivity contribution in [2.24, 2.45) is 0 Å². The highest BCUT2D eigenvalue weighted by molar-refractivity contribution is 7.10. The van der Waals surface area contributed by atoms with Gasteiger partial charge in [-0.3, -0.25) is 0 Å². The highest BCUT2D eigenvalue weighted by atomic mass is 32.1. The molecule has 0 radical (unpaired) electrons. The van der Waals surface area contributed by atoms with E-state index in [-0.39, 0.29) is 5.41 Å². The number of nitrogens with zero attached hydrogens (tertiary/aromatic N) is 2. The summed E-state index contributed by atoms with van der Waals surface area (Å²) in [5, 5.41) is 5.47. The number of nitrogen functional groups attached to an aromatic ring is 1. The van der Waals surface area contributed by atoms with Crippen LogP contribution in [0.15, 0.2) is 23.6 Å². The van der Waals surface area contributed by atoms with E-state index in [1.54, 1.807) is 17.4 Å². The van der Waals surface area contributed by atoms with E-state index in [1.807, 2.05) is 6.92 Å². The second-order valence-corrected chi connectivity index (χ2v) is 6.11. The van der Waals surface area contributed by atoms with Crippen molar-refractivity contribution < 1.29 is 0 Å². The van der Waals surface area contributed by atoms with Crippen molar-refractivity contribution in [3.8, 4) is 0 Å². The average molecular weight is 276 g/mol. The summed E-state index contributed by atoms with van der Waals surface area (Å²) < 4.78 is 0. The molecule has 0 spiro atoms. The van der Waals surface area contributed by atoms with E-state index in [9.17, 15) is 0 Å². The van der Waals surface area contributed by atoms with Crippen molar-refractivity contribution in [2.75, 3.05) is 17.6 Å². The minimum absolute atomic E-state index is 0.0697. The van der Waals surface area contributed by atoms with Crippen LogP contribution in [0.2, 0.25) is 0 Å². The molecule has 0 fully saturated rings. The molecule has 0 bridgehead atoms. The standard InChI is InChI=1S/C14H20N4S/c1-4-12-17-11(15)8-13(18-12)16-9-14(2,3)10-6-5-7-19-10/h5-8H,4,9H2,1-3H3,(H3,15,16,17,18). The third-order valence-corrected chi connectivity index (χ3v) is 4.24. The van der Waals surface area contributed by atoms with Crippen molar-refractivity contribution in [1.82, 2.24) is 9.97 Å². The third kappa shape index (κ3) is 3.44. The Morgan fingerprint density at radius 2 is 2.16 bits per heavy atom. The van der Waals surface area contributed by atoms with Gasteiger partial charge < -0.3 is 11.1 Å². The number of aromatic nitrogens is 2. The van der Waals surface area contributed by atoms with Crippen molar-refractivity contribution in [1.29, 1.82) is 0 Å². The van der Waals surface area contributed by atoms with Crippen LogP contribution in [-0.2, 0) is 11.8 Å². The van der Waals surface area contributed by atoms with Gasteiger partial charge in [-0.1, -0.05) is 26.8 Å². The van der Waals surface area contributed by atoms with E-state index >= 15 is 0 Å². The zero-order valence-electron chi connectivity index (χ0n) is 11.6. The molecule has 0 aromatic carbocycles. The first-order chi connectivity index (χ1) is 9.01. The summed E-state index contributed by atoms with van der Waals surface area (Å²) >= 11 is 1.78. The van der Waals surface area contributed by atoms with Gasteiger partial charge in [-0.25, -0.2) is 9.97 Å². The maximum Gasteiger partial charge on any atom is 0.132 e. The van der Waals surface area contributed by atoms with Crippen molar-refractivity contribution in [3.05, 3.63) is 34.3 Å². The number of aryl methyl sites for hydroxylation is 1. The van der Waals surface area contributed by atoms with E-state index in [2.05, 4.69) is 46.6 Å².